The van der Waals surface area contributed by atoms with Crippen LogP contribution in [0.3, 0.4) is 0 Å². The van der Waals surface area contributed by atoms with Crippen molar-refractivity contribution in [2.75, 3.05) is 19.7 Å². The zero-order valence-electron chi connectivity index (χ0n) is 12.6. The summed E-state index contributed by atoms with van der Waals surface area (Å²) in [5.41, 5.74) is 1.14. The summed E-state index contributed by atoms with van der Waals surface area (Å²) in [4.78, 5) is 26.0. The van der Waals surface area contributed by atoms with Gasteiger partial charge in [-0.15, -0.1) is 0 Å². The summed E-state index contributed by atoms with van der Waals surface area (Å²) in [6, 6.07) is 6.78. The van der Waals surface area contributed by atoms with Gasteiger partial charge in [0.2, 0.25) is 0 Å². The third-order valence-corrected chi connectivity index (χ3v) is 3.74. The number of piperidine rings is 1. The van der Waals surface area contributed by atoms with Gasteiger partial charge in [-0.25, -0.2) is 4.79 Å². The molecule has 4 heteroatoms. The van der Waals surface area contributed by atoms with Crippen molar-refractivity contribution in [2.24, 2.45) is 0 Å². The smallest absolute Gasteiger partial charge is 0.338 e. The molecule has 1 heterocycles. The second-order valence-corrected chi connectivity index (χ2v) is 5.42. The Kier molecular flexibility index (Phi) is 5.78. The first-order valence-corrected chi connectivity index (χ1v) is 7.79. The van der Waals surface area contributed by atoms with Crippen molar-refractivity contribution in [1.29, 1.82) is 0 Å². The molecule has 0 radical (unpaired) electrons. The maximum Gasteiger partial charge on any atom is 0.338 e. The highest BCUT2D eigenvalue weighted by Crippen LogP contribution is 2.14. The number of likely N-dealkylation sites (tertiary alicyclic amines) is 1. The predicted molar refractivity (Wildman–Crippen MR) is 81.4 cm³/mol. The number of unbranched alkanes of at least 4 members (excludes halogenated alkanes) is 1. The minimum Gasteiger partial charge on any atom is -0.462 e. The first-order chi connectivity index (χ1) is 10.2. The zero-order chi connectivity index (χ0) is 15.1. The molecule has 0 aliphatic carbocycles. The van der Waals surface area contributed by atoms with E-state index < -0.39 is 0 Å². The first-order valence-electron chi connectivity index (χ1n) is 7.79. The number of ether oxygens (including phenoxy) is 1. The standard InChI is InChI=1S/C17H23NO3/c1-2-3-13-21-17(20)15-9-7-14(8-10-15)16(19)18-11-5-4-6-12-18/h7-10H,2-6,11-13H2,1H3. The Bertz CT molecular complexity index is 475. The molecule has 0 unspecified atom stereocenters. The van der Waals surface area contributed by atoms with Crippen molar-refractivity contribution in [2.45, 2.75) is 39.0 Å². The number of carbonyl (C=O) groups is 2. The topological polar surface area (TPSA) is 46.6 Å². The van der Waals surface area contributed by atoms with Gasteiger partial charge in [0.15, 0.2) is 0 Å². The highest BCUT2D eigenvalue weighted by atomic mass is 16.5. The van der Waals surface area contributed by atoms with Crippen LogP contribution < -0.4 is 0 Å². The van der Waals surface area contributed by atoms with Crippen LogP contribution in [0.15, 0.2) is 24.3 Å². The van der Waals surface area contributed by atoms with E-state index in [4.69, 9.17) is 4.74 Å². The molecule has 1 amide bonds. The third kappa shape index (κ3) is 4.31. The Morgan fingerprint density at radius 1 is 1.05 bits per heavy atom. The average Bonchev–Trinajstić information content (AvgIpc) is 2.55. The van der Waals surface area contributed by atoms with E-state index in [1.807, 2.05) is 4.90 Å². The van der Waals surface area contributed by atoms with E-state index in [-0.39, 0.29) is 11.9 Å². The lowest BCUT2D eigenvalue weighted by Crippen LogP contribution is -2.35. The number of esters is 1. The van der Waals surface area contributed by atoms with E-state index in [9.17, 15) is 9.59 Å². The third-order valence-electron chi connectivity index (χ3n) is 3.74. The van der Waals surface area contributed by atoms with E-state index in [1.54, 1.807) is 24.3 Å². The van der Waals surface area contributed by atoms with Gasteiger partial charge in [-0.2, -0.15) is 0 Å². The summed E-state index contributed by atoms with van der Waals surface area (Å²) in [6.07, 6.45) is 5.22. The minimum absolute atomic E-state index is 0.0561. The van der Waals surface area contributed by atoms with Gasteiger partial charge in [0, 0.05) is 18.7 Å². The van der Waals surface area contributed by atoms with Crippen LogP contribution in [0.5, 0.6) is 0 Å². The molecule has 1 fully saturated rings. The fraction of sp³-hybridized carbons (Fsp3) is 0.529. The first kappa shape index (κ1) is 15.5. The SMILES string of the molecule is CCCCOC(=O)c1ccc(C(=O)N2CCCCC2)cc1. The van der Waals surface area contributed by atoms with Crippen LogP contribution in [0, 0.1) is 0 Å². The van der Waals surface area contributed by atoms with Crippen LogP contribution in [0.25, 0.3) is 0 Å². The average molecular weight is 289 g/mol. The van der Waals surface area contributed by atoms with Crippen molar-refractivity contribution < 1.29 is 14.3 Å². The van der Waals surface area contributed by atoms with Crippen molar-refractivity contribution >= 4 is 11.9 Å². The second-order valence-electron chi connectivity index (χ2n) is 5.42. The van der Waals surface area contributed by atoms with Gasteiger partial charge >= 0.3 is 5.97 Å². The molecule has 0 N–H and O–H groups in total. The predicted octanol–water partition coefficient (Wildman–Crippen LogP) is 3.27. The molecule has 0 atom stereocenters. The van der Waals surface area contributed by atoms with Gasteiger partial charge in [-0.3, -0.25) is 4.79 Å². The molecule has 0 spiro atoms. The maximum absolute atomic E-state index is 12.3. The number of hydrogen-bond acceptors (Lipinski definition) is 3. The van der Waals surface area contributed by atoms with Crippen LogP contribution in [0.2, 0.25) is 0 Å². The molecule has 1 aromatic rings. The number of nitrogens with zero attached hydrogens (tertiary/aromatic N) is 1. The summed E-state index contributed by atoms with van der Waals surface area (Å²) in [5.74, 6) is -0.263. The fourth-order valence-corrected chi connectivity index (χ4v) is 2.42. The Labute approximate surface area is 126 Å². The van der Waals surface area contributed by atoms with E-state index in [0.29, 0.717) is 17.7 Å². The molecular weight excluding hydrogens is 266 g/mol. The number of amides is 1. The molecule has 1 aromatic carbocycles. The van der Waals surface area contributed by atoms with Crippen LogP contribution in [0.1, 0.15) is 59.7 Å². The fourth-order valence-electron chi connectivity index (χ4n) is 2.42. The molecule has 1 saturated heterocycles. The molecule has 0 aromatic heterocycles. The monoisotopic (exact) mass is 289 g/mol. The van der Waals surface area contributed by atoms with E-state index in [1.165, 1.54) is 6.42 Å². The maximum atomic E-state index is 12.3. The lowest BCUT2D eigenvalue weighted by Gasteiger charge is -2.26. The second kappa shape index (κ2) is 7.81. The summed E-state index contributed by atoms with van der Waals surface area (Å²) in [7, 11) is 0. The molecule has 21 heavy (non-hydrogen) atoms. The van der Waals surface area contributed by atoms with Gasteiger partial charge in [-0.05, 0) is 49.9 Å². The van der Waals surface area contributed by atoms with Crippen LogP contribution in [0.4, 0.5) is 0 Å². The number of hydrogen-bond donors (Lipinski definition) is 0. The molecule has 4 nitrogen and oxygen atoms in total. The summed E-state index contributed by atoms with van der Waals surface area (Å²) in [5, 5.41) is 0. The molecular formula is C17H23NO3. The summed E-state index contributed by atoms with van der Waals surface area (Å²) < 4.78 is 5.15. The van der Waals surface area contributed by atoms with Crippen molar-refractivity contribution in [1.82, 2.24) is 4.90 Å². The molecule has 2 rings (SSSR count). The van der Waals surface area contributed by atoms with Crippen LogP contribution in [-0.4, -0.2) is 36.5 Å². The highest BCUT2D eigenvalue weighted by molar-refractivity contribution is 5.96. The quantitative estimate of drug-likeness (QED) is 0.617. The summed E-state index contributed by atoms with van der Waals surface area (Å²) >= 11 is 0. The molecule has 1 aliphatic heterocycles. The van der Waals surface area contributed by atoms with E-state index >= 15 is 0 Å². The van der Waals surface area contributed by atoms with Gasteiger partial charge < -0.3 is 9.64 Å². The molecule has 0 saturated carbocycles. The van der Waals surface area contributed by atoms with Crippen molar-refractivity contribution in [3.63, 3.8) is 0 Å². The highest BCUT2D eigenvalue weighted by Gasteiger charge is 2.18. The van der Waals surface area contributed by atoms with Gasteiger partial charge in [-0.1, -0.05) is 13.3 Å². The van der Waals surface area contributed by atoms with Gasteiger partial charge in [0.25, 0.3) is 5.91 Å². The minimum atomic E-state index is -0.319. The largest absolute Gasteiger partial charge is 0.462 e. The lowest BCUT2D eigenvalue weighted by atomic mass is 10.1. The van der Waals surface area contributed by atoms with E-state index in [0.717, 1.165) is 38.8 Å². The van der Waals surface area contributed by atoms with Gasteiger partial charge in [0.05, 0.1) is 12.2 Å². The molecule has 114 valence electrons. The number of benzene rings is 1. The number of carbonyl (C=O) groups excluding carboxylic acids is 2. The normalized spacial score (nSPS) is 14.8. The number of rotatable bonds is 5. The lowest BCUT2D eigenvalue weighted by molar-refractivity contribution is 0.0499. The molecule has 0 bridgehead atoms. The van der Waals surface area contributed by atoms with Crippen LogP contribution >= 0.6 is 0 Å². The van der Waals surface area contributed by atoms with Crippen LogP contribution in [-0.2, 0) is 4.74 Å². The zero-order valence-corrected chi connectivity index (χ0v) is 12.6. The Morgan fingerprint density at radius 3 is 2.29 bits per heavy atom. The van der Waals surface area contributed by atoms with Gasteiger partial charge in [0.1, 0.15) is 0 Å². The Balaban J connectivity index is 1.94. The Hall–Kier alpha value is -1.84. The van der Waals surface area contributed by atoms with Crippen molar-refractivity contribution in [3.8, 4) is 0 Å². The van der Waals surface area contributed by atoms with Crippen molar-refractivity contribution in [3.05, 3.63) is 35.4 Å². The van der Waals surface area contributed by atoms with E-state index in [2.05, 4.69) is 6.92 Å². The summed E-state index contributed by atoms with van der Waals surface area (Å²) in [6.45, 7) is 4.16. The Morgan fingerprint density at radius 2 is 1.67 bits per heavy atom. The molecule has 1 aliphatic rings.